The molecule has 0 aromatic heterocycles. The van der Waals surface area contributed by atoms with E-state index in [9.17, 15) is 9.59 Å². The lowest BCUT2D eigenvalue weighted by Crippen LogP contribution is -2.27. The molecule has 0 heterocycles. The first-order valence-electron chi connectivity index (χ1n) is 9.05. The van der Waals surface area contributed by atoms with Gasteiger partial charge in [-0.2, -0.15) is 0 Å². The third-order valence-corrected chi connectivity index (χ3v) is 4.17. The highest BCUT2D eigenvalue weighted by Crippen LogP contribution is 2.15. The third-order valence-electron chi connectivity index (χ3n) is 4.17. The number of hydrogen-bond acceptors (Lipinski definition) is 3. The van der Waals surface area contributed by atoms with Crippen molar-refractivity contribution in [2.75, 3.05) is 11.9 Å². The van der Waals surface area contributed by atoms with Crippen LogP contribution in [0.3, 0.4) is 0 Å². The Morgan fingerprint density at radius 3 is 2.29 bits per heavy atom. The summed E-state index contributed by atoms with van der Waals surface area (Å²) in [6.07, 6.45) is 0. The van der Waals surface area contributed by atoms with Gasteiger partial charge in [-0.15, -0.1) is 0 Å². The molecule has 2 amide bonds. The quantitative estimate of drug-likeness (QED) is 0.651. The molecule has 5 heteroatoms. The maximum Gasteiger partial charge on any atom is 0.262 e. The highest BCUT2D eigenvalue weighted by molar-refractivity contribution is 5.97. The summed E-state index contributed by atoms with van der Waals surface area (Å²) in [7, 11) is 0. The molecular formula is C23H22N2O3. The molecule has 142 valence electrons. The maximum atomic E-state index is 12.5. The molecule has 0 spiro atoms. The van der Waals surface area contributed by atoms with Gasteiger partial charge in [0, 0.05) is 11.3 Å². The van der Waals surface area contributed by atoms with Gasteiger partial charge in [-0.25, -0.2) is 0 Å². The van der Waals surface area contributed by atoms with Crippen LogP contribution >= 0.6 is 0 Å². The largest absolute Gasteiger partial charge is 0.484 e. The van der Waals surface area contributed by atoms with E-state index in [1.54, 1.807) is 36.4 Å². The summed E-state index contributed by atoms with van der Waals surface area (Å²) >= 11 is 0. The van der Waals surface area contributed by atoms with Gasteiger partial charge in [-0.05, 0) is 42.8 Å². The van der Waals surface area contributed by atoms with Crippen LogP contribution in [0.2, 0.25) is 0 Å². The Morgan fingerprint density at radius 1 is 0.893 bits per heavy atom. The van der Waals surface area contributed by atoms with E-state index in [2.05, 4.69) is 10.6 Å². The second-order valence-corrected chi connectivity index (χ2v) is 6.34. The molecule has 0 saturated carbocycles. The monoisotopic (exact) mass is 374 g/mol. The molecule has 0 saturated heterocycles. The average molecular weight is 374 g/mol. The Bertz CT molecular complexity index is 927. The number of ether oxygens (including phenoxy) is 1. The van der Waals surface area contributed by atoms with E-state index in [4.69, 9.17) is 4.74 Å². The summed E-state index contributed by atoms with van der Waals surface area (Å²) in [6, 6.07) is 25.6. The zero-order valence-electron chi connectivity index (χ0n) is 15.6. The zero-order chi connectivity index (χ0) is 19.8. The second kappa shape index (κ2) is 9.37. The predicted octanol–water partition coefficient (Wildman–Crippen LogP) is 4.20. The van der Waals surface area contributed by atoms with Crippen molar-refractivity contribution in [3.05, 3.63) is 96.1 Å². The van der Waals surface area contributed by atoms with Crippen molar-refractivity contribution in [3.8, 4) is 5.75 Å². The van der Waals surface area contributed by atoms with E-state index in [1.165, 1.54) is 0 Å². The Labute approximate surface area is 164 Å². The number of nitrogens with one attached hydrogen (secondary N) is 2. The summed E-state index contributed by atoms with van der Waals surface area (Å²) < 4.78 is 5.43. The van der Waals surface area contributed by atoms with Crippen molar-refractivity contribution in [1.82, 2.24) is 5.32 Å². The fourth-order valence-corrected chi connectivity index (χ4v) is 2.71. The van der Waals surface area contributed by atoms with Crippen LogP contribution in [-0.2, 0) is 4.79 Å². The highest BCUT2D eigenvalue weighted by Gasteiger charge is 2.12. The lowest BCUT2D eigenvalue weighted by atomic mass is 10.1. The van der Waals surface area contributed by atoms with Crippen LogP contribution in [-0.4, -0.2) is 18.4 Å². The molecule has 0 aliphatic rings. The molecule has 0 fully saturated rings. The van der Waals surface area contributed by atoms with Gasteiger partial charge >= 0.3 is 0 Å². The van der Waals surface area contributed by atoms with E-state index >= 15 is 0 Å². The summed E-state index contributed by atoms with van der Waals surface area (Å²) in [5.74, 6) is 0.132. The summed E-state index contributed by atoms with van der Waals surface area (Å²) in [4.78, 5) is 24.6. The van der Waals surface area contributed by atoms with Gasteiger partial charge in [0.2, 0.25) is 0 Å². The molecular weight excluding hydrogens is 352 g/mol. The molecule has 3 aromatic carbocycles. The lowest BCUT2D eigenvalue weighted by molar-refractivity contribution is -0.118. The van der Waals surface area contributed by atoms with Crippen LogP contribution in [0, 0.1) is 0 Å². The molecule has 3 aromatic rings. The summed E-state index contributed by atoms with van der Waals surface area (Å²) in [5.41, 5.74) is 2.05. The number of carbonyl (C=O) groups excluding carboxylic acids is 2. The van der Waals surface area contributed by atoms with Crippen molar-refractivity contribution >= 4 is 17.5 Å². The number of anilines is 1. The molecule has 2 N–H and O–H groups in total. The minimum Gasteiger partial charge on any atom is -0.484 e. The normalized spacial score (nSPS) is 11.3. The van der Waals surface area contributed by atoms with Crippen molar-refractivity contribution in [2.24, 2.45) is 0 Å². The molecule has 0 radical (unpaired) electrons. The molecule has 5 nitrogen and oxygen atoms in total. The number of amides is 2. The fraction of sp³-hybridized carbons (Fsp3) is 0.130. The zero-order valence-corrected chi connectivity index (χ0v) is 15.6. The van der Waals surface area contributed by atoms with Gasteiger partial charge in [-0.3, -0.25) is 9.59 Å². The smallest absolute Gasteiger partial charge is 0.262 e. The molecule has 28 heavy (non-hydrogen) atoms. The third kappa shape index (κ3) is 5.45. The number of rotatable bonds is 7. The number of benzene rings is 3. The number of carbonyl (C=O) groups is 2. The van der Waals surface area contributed by atoms with Crippen molar-refractivity contribution in [3.63, 3.8) is 0 Å². The van der Waals surface area contributed by atoms with Crippen LogP contribution in [0.4, 0.5) is 5.69 Å². The average Bonchev–Trinajstić information content (AvgIpc) is 2.74. The molecule has 0 aliphatic carbocycles. The number of para-hydroxylation sites is 1. The van der Waals surface area contributed by atoms with Crippen LogP contribution in [0.5, 0.6) is 5.75 Å². The summed E-state index contributed by atoms with van der Waals surface area (Å²) in [5, 5.41) is 5.71. The molecule has 0 bridgehead atoms. The SMILES string of the molecule is CC(NC(=O)c1cccc(NC(=O)COc2ccccc2)c1)c1ccccc1. The predicted molar refractivity (Wildman–Crippen MR) is 109 cm³/mol. The molecule has 3 rings (SSSR count). The van der Waals surface area contributed by atoms with Crippen LogP contribution in [0.25, 0.3) is 0 Å². The van der Waals surface area contributed by atoms with Crippen LogP contribution in [0.15, 0.2) is 84.9 Å². The lowest BCUT2D eigenvalue weighted by Gasteiger charge is -2.15. The van der Waals surface area contributed by atoms with Crippen LogP contribution in [0.1, 0.15) is 28.9 Å². The first-order valence-corrected chi connectivity index (χ1v) is 9.05. The van der Waals surface area contributed by atoms with Gasteiger partial charge in [0.1, 0.15) is 5.75 Å². The van der Waals surface area contributed by atoms with Gasteiger partial charge in [0.25, 0.3) is 11.8 Å². The Kier molecular flexibility index (Phi) is 6.41. The van der Waals surface area contributed by atoms with Gasteiger partial charge in [-0.1, -0.05) is 54.6 Å². The molecule has 1 atom stereocenters. The Balaban J connectivity index is 1.57. The second-order valence-electron chi connectivity index (χ2n) is 6.34. The number of hydrogen-bond donors (Lipinski definition) is 2. The van der Waals surface area contributed by atoms with E-state index in [0.29, 0.717) is 17.0 Å². The molecule has 0 aliphatic heterocycles. The standard InChI is InChI=1S/C23H22N2O3/c1-17(18-9-4-2-5-10-18)24-23(27)19-11-8-12-20(15-19)25-22(26)16-28-21-13-6-3-7-14-21/h2-15,17H,16H2,1H3,(H,24,27)(H,25,26). The van der Waals surface area contributed by atoms with Crippen molar-refractivity contribution in [1.29, 1.82) is 0 Å². The van der Waals surface area contributed by atoms with E-state index in [0.717, 1.165) is 5.56 Å². The minimum atomic E-state index is -0.293. The van der Waals surface area contributed by atoms with Crippen molar-refractivity contribution < 1.29 is 14.3 Å². The van der Waals surface area contributed by atoms with Gasteiger partial charge in [0.05, 0.1) is 6.04 Å². The van der Waals surface area contributed by atoms with E-state index < -0.39 is 0 Å². The first kappa shape index (κ1) is 19.2. The van der Waals surface area contributed by atoms with E-state index in [-0.39, 0.29) is 24.5 Å². The molecule has 1 unspecified atom stereocenters. The van der Waals surface area contributed by atoms with E-state index in [1.807, 2.05) is 55.5 Å². The van der Waals surface area contributed by atoms with Crippen molar-refractivity contribution in [2.45, 2.75) is 13.0 Å². The highest BCUT2D eigenvalue weighted by atomic mass is 16.5. The van der Waals surface area contributed by atoms with Crippen LogP contribution < -0.4 is 15.4 Å². The minimum absolute atomic E-state index is 0.106. The Morgan fingerprint density at radius 2 is 1.57 bits per heavy atom. The summed E-state index contributed by atoms with van der Waals surface area (Å²) in [6.45, 7) is 1.82. The Hall–Kier alpha value is -3.60. The van der Waals surface area contributed by atoms with Gasteiger partial charge in [0.15, 0.2) is 6.61 Å². The van der Waals surface area contributed by atoms with Gasteiger partial charge < -0.3 is 15.4 Å². The fourth-order valence-electron chi connectivity index (χ4n) is 2.71. The first-order chi connectivity index (χ1) is 13.6. The topological polar surface area (TPSA) is 67.4 Å². The maximum absolute atomic E-state index is 12.5.